The zero-order chi connectivity index (χ0) is 28.2. The van der Waals surface area contributed by atoms with Gasteiger partial charge in [0.2, 0.25) is 5.82 Å². The number of ether oxygens (including phenoxy) is 1. The number of nitrogens with one attached hydrogen (secondary N) is 2. The number of terminal acetylenes is 1. The normalized spacial score (nSPS) is 11.2. The summed E-state index contributed by atoms with van der Waals surface area (Å²) in [5, 5.41) is 6.49. The first-order chi connectivity index (χ1) is 18.5. The number of hydrogen-bond acceptors (Lipinski definition) is 5. The van der Waals surface area contributed by atoms with Crippen molar-refractivity contribution >= 4 is 28.4 Å². The van der Waals surface area contributed by atoms with E-state index in [2.05, 4.69) is 52.5 Å². The van der Waals surface area contributed by atoms with Crippen molar-refractivity contribution in [3.05, 3.63) is 83.7 Å². The standard InChI is InChI=1S/C32H32N4O3/c1-7-17-39-25-15-16-27-26(19-25)28(22-13-11-21(12-14-22)20(2)3)35-29(34-27)31(38)33-24-10-8-9-23(18-24)30(37)36-32(4,5)6/h1,8-16,18-20H,17H2,2-6H3,(H,33,38)(H,36,37). The van der Waals surface area contributed by atoms with E-state index in [1.165, 1.54) is 5.56 Å². The monoisotopic (exact) mass is 520 g/mol. The molecule has 7 nitrogen and oxygen atoms in total. The Hall–Kier alpha value is -4.70. The van der Waals surface area contributed by atoms with Gasteiger partial charge in [0, 0.05) is 27.7 Å². The van der Waals surface area contributed by atoms with Crippen LogP contribution in [-0.4, -0.2) is 33.9 Å². The van der Waals surface area contributed by atoms with E-state index in [0.29, 0.717) is 34.1 Å². The molecular weight excluding hydrogens is 488 g/mol. The molecule has 3 aromatic carbocycles. The lowest BCUT2D eigenvalue weighted by Gasteiger charge is -2.20. The quantitative estimate of drug-likeness (QED) is 0.283. The van der Waals surface area contributed by atoms with E-state index in [4.69, 9.17) is 11.2 Å². The molecule has 4 aromatic rings. The average Bonchev–Trinajstić information content (AvgIpc) is 2.90. The predicted molar refractivity (Wildman–Crippen MR) is 155 cm³/mol. The molecule has 0 aliphatic carbocycles. The van der Waals surface area contributed by atoms with Gasteiger partial charge in [-0.15, -0.1) is 6.42 Å². The second-order valence-electron chi connectivity index (χ2n) is 10.6. The van der Waals surface area contributed by atoms with Crippen LogP contribution in [0, 0.1) is 12.3 Å². The summed E-state index contributed by atoms with van der Waals surface area (Å²) in [5.74, 6) is 2.73. The zero-order valence-corrected chi connectivity index (χ0v) is 22.8. The highest BCUT2D eigenvalue weighted by Gasteiger charge is 2.19. The molecule has 0 atom stereocenters. The second kappa shape index (κ2) is 11.4. The summed E-state index contributed by atoms with van der Waals surface area (Å²) in [4.78, 5) is 35.1. The number of carbonyl (C=O) groups is 2. The number of benzene rings is 3. The fourth-order valence-corrected chi connectivity index (χ4v) is 4.01. The van der Waals surface area contributed by atoms with Gasteiger partial charge in [0.1, 0.15) is 12.4 Å². The highest BCUT2D eigenvalue weighted by Crippen LogP contribution is 2.30. The lowest BCUT2D eigenvalue weighted by molar-refractivity contribution is 0.0918. The van der Waals surface area contributed by atoms with Gasteiger partial charge < -0.3 is 15.4 Å². The predicted octanol–water partition coefficient (Wildman–Crippen LogP) is 6.21. The van der Waals surface area contributed by atoms with Crippen LogP contribution < -0.4 is 15.4 Å². The van der Waals surface area contributed by atoms with Crippen LogP contribution >= 0.6 is 0 Å². The van der Waals surface area contributed by atoms with Gasteiger partial charge in [-0.25, -0.2) is 9.97 Å². The van der Waals surface area contributed by atoms with E-state index in [-0.39, 0.29) is 23.9 Å². The van der Waals surface area contributed by atoms with Gasteiger partial charge in [-0.2, -0.15) is 0 Å². The van der Waals surface area contributed by atoms with E-state index >= 15 is 0 Å². The van der Waals surface area contributed by atoms with Crippen molar-refractivity contribution in [3.8, 4) is 29.4 Å². The van der Waals surface area contributed by atoms with Gasteiger partial charge in [0.05, 0.1) is 11.2 Å². The molecule has 39 heavy (non-hydrogen) atoms. The molecular formula is C32H32N4O3. The molecule has 198 valence electrons. The molecule has 0 saturated carbocycles. The Morgan fingerprint density at radius 1 is 0.974 bits per heavy atom. The molecule has 2 amide bonds. The van der Waals surface area contributed by atoms with Crippen LogP contribution in [0.15, 0.2) is 66.7 Å². The molecule has 0 bridgehead atoms. The van der Waals surface area contributed by atoms with Gasteiger partial charge in [0.15, 0.2) is 0 Å². The summed E-state index contributed by atoms with van der Waals surface area (Å²) in [5.41, 5.74) is 3.75. The first-order valence-corrected chi connectivity index (χ1v) is 12.8. The van der Waals surface area contributed by atoms with Crippen LogP contribution in [-0.2, 0) is 0 Å². The van der Waals surface area contributed by atoms with Gasteiger partial charge >= 0.3 is 0 Å². The molecule has 0 aliphatic heterocycles. The first kappa shape index (κ1) is 27.3. The molecule has 2 N–H and O–H groups in total. The molecule has 0 unspecified atom stereocenters. The fraction of sp³-hybridized carbons (Fsp3) is 0.250. The topological polar surface area (TPSA) is 93.2 Å². The Morgan fingerprint density at radius 2 is 1.72 bits per heavy atom. The van der Waals surface area contributed by atoms with Gasteiger partial charge in [0.25, 0.3) is 11.8 Å². The van der Waals surface area contributed by atoms with E-state index in [1.807, 2.05) is 39.0 Å². The van der Waals surface area contributed by atoms with Crippen LogP contribution in [0.1, 0.15) is 67.1 Å². The number of fused-ring (bicyclic) bond motifs is 1. The fourth-order valence-electron chi connectivity index (χ4n) is 4.01. The Bertz CT molecular complexity index is 1560. The Morgan fingerprint density at radius 3 is 2.38 bits per heavy atom. The van der Waals surface area contributed by atoms with Crippen LogP contribution in [0.25, 0.3) is 22.2 Å². The smallest absolute Gasteiger partial charge is 0.293 e. The van der Waals surface area contributed by atoms with Crippen molar-refractivity contribution < 1.29 is 14.3 Å². The van der Waals surface area contributed by atoms with Gasteiger partial charge in [-0.05, 0) is 68.7 Å². The van der Waals surface area contributed by atoms with Crippen LogP contribution in [0.4, 0.5) is 5.69 Å². The molecule has 7 heteroatoms. The minimum absolute atomic E-state index is 0.00674. The molecule has 1 heterocycles. The molecule has 4 rings (SSSR count). The number of anilines is 1. The lowest BCUT2D eigenvalue weighted by Crippen LogP contribution is -2.40. The van der Waals surface area contributed by atoms with Crippen LogP contribution in [0.3, 0.4) is 0 Å². The largest absolute Gasteiger partial charge is 0.481 e. The molecule has 0 fully saturated rings. The van der Waals surface area contributed by atoms with Crippen molar-refractivity contribution in [2.45, 2.75) is 46.1 Å². The second-order valence-corrected chi connectivity index (χ2v) is 10.6. The first-order valence-electron chi connectivity index (χ1n) is 12.8. The molecule has 0 spiro atoms. The van der Waals surface area contributed by atoms with Gasteiger partial charge in [-0.3, -0.25) is 9.59 Å². The lowest BCUT2D eigenvalue weighted by atomic mass is 9.99. The Kier molecular flexibility index (Phi) is 7.96. The zero-order valence-electron chi connectivity index (χ0n) is 22.8. The van der Waals surface area contributed by atoms with Crippen LogP contribution in [0.2, 0.25) is 0 Å². The minimum Gasteiger partial charge on any atom is -0.481 e. The summed E-state index contributed by atoms with van der Waals surface area (Å²) in [6.07, 6.45) is 5.35. The molecule has 0 aliphatic rings. The third kappa shape index (κ3) is 6.79. The third-order valence-corrected chi connectivity index (χ3v) is 5.91. The molecule has 0 radical (unpaired) electrons. The summed E-state index contributed by atoms with van der Waals surface area (Å²) >= 11 is 0. The highest BCUT2D eigenvalue weighted by atomic mass is 16.5. The molecule has 1 aromatic heterocycles. The molecule has 0 saturated heterocycles. The minimum atomic E-state index is -0.488. The maximum absolute atomic E-state index is 13.3. The average molecular weight is 521 g/mol. The van der Waals surface area contributed by atoms with E-state index < -0.39 is 5.91 Å². The van der Waals surface area contributed by atoms with Crippen molar-refractivity contribution in [1.82, 2.24) is 15.3 Å². The highest BCUT2D eigenvalue weighted by molar-refractivity contribution is 6.05. The summed E-state index contributed by atoms with van der Waals surface area (Å²) in [7, 11) is 0. The van der Waals surface area contributed by atoms with Crippen molar-refractivity contribution in [2.75, 3.05) is 11.9 Å². The Labute approximate surface area is 229 Å². The third-order valence-electron chi connectivity index (χ3n) is 5.91. The number of rotatable bonds is 7. The summed E-state index contributed by atoms with van der Waals surface area (Å²) in [6, 6.07) is 20.2. The summed E-state index contributed by atoms with van der Waals surface area (Å²) < 4.78 is 5.62. The van der Waals surface area contributed by atoms with E-state index in [0.717, 1.165) is 10.9 Å². The number of carbonyl (C=O) groups excluding carboxylic acids is 2. The number of hydrogen-bond donors (Lipinski definition) is 2. The van der Waals surface area contributed by atoms with E-state index in [9.17, 15) is 9.59 Å². The Balaban J connectivity index is 1.71. The van der Waals surface area contributed by atoms with Crippen molar-refractivity contribution in [2.24, 2.45) is 0 Å². The van der Waals surface area contributed by atoms with Crippen molar-refractivity contribution in [1.29, 1.82) is 0 Å². The maximum atomic E-state index is 13.3. The summed E-state index contributed by atoms with van der Waals surface area (Å²) in [6.45, 7) is 10.1. The van der Waals surface area contributed by atoms with Crippen LogP contribution in [0.5, 0.6) is 5.75 Å². The van der Waals surface area contributed by atoms with Gasteiger partial charge in [-0.1, -0.05) is 50.1 Å². The number of nitrogens with zero attached hydrogens (tertiary/aromatic N) is 2. The number of aromatic nitrogens is 2. The van der Waals surface area contributed by atoms with E-state index in [1.54, 1.807) is 36.4 Å². The SMILES string of the molecule is C#CCOc1ccc2nc(C(=O)Nc3cccc(C(=O)NC(C)(C)C)c3)nc(-c3ccc(C(C)C)cc3)c2c1. The van der Waals surface area contributed by atoms with Crippen molar-refractivity contribution in [3.63, 3.8) is 0 Å². The number of amides is 2. The maximum Gasteiger partial charge on any atom is 0.293 e.